The third-order valence-electron chi connectivity index (χ3n) is 6.14. The van der Waals surface area contributed by atoms with Crippen molar-refractivity contribution in [1.29, 1.82) is 0 Å². The minimum atomic E-state index is -0.352. The predicted molar refractivity (Wildman–Crippen MR) is 133 cm³/mol. The Kier molecular flexibility index (Phi) is 8.21. The number of rotatable bonds is 3. The van der Waals surface area contributed by atoms with Crippen LogP contribution >= 0.6 is 11.6 Å². The molecule has 2 aromatic carbocycles. The zero-order valence-corrected chi connectivity index (χ0v) is 20.4. The van der Waals surface area contributed by atoms with Gasteiger partial charge in [0.15, 0.2) is 0 Å². The molecular weight excluding hydrogens is 466 g/mol. The fourth-order valence-corrected chi connectivity index (χ4v) is 4.30. The average Bonchev–Trinajstić information content (AvgIpc) is 2.91. The highest BCUT2D eigenvalue weighted by Gasteiger charge is 2.21. The van der Waals surface area contributed by atoms with Gasteiger partial charge in [-0.3, -0.25) is 4.79 Å². The summed E-state index contributed by atoms with van der Waals surface area (Å²) in [5.41, 5.74) is 5.88. The van der Waals surface area contributed by atoms with Gasteiger partial charge in [0.05, 0.1) is 7.11 Å². The summed E-state index contributed by atoms with van der Waals surface area (Å²) < 4.78 is 10.4. The molecule has 182 valence electrons. The fraction of sp³-hybridized carbons (Fsp3) is 0.296. The Labute approximate surface area is 210 Å². The van der Waals surface area contributed by atoms with E-state index in [1.165, 1.54) is 22.3 Å². The van der Waals surface area contributed by atoms with E-state index in [2.05, 4.69) is 23.2 Å². The lowest BCUT2D eigenvalue weighted by Crippen LogP contribution is -2.36. The van der Waals surface area contributed by atoms with Gasteiger partial charge < -0.3 is 19.3 Å². The van der Waals surface area contributed by atoms with E-state index in [0.717, 1.165) is 24.9 Å². The first-order valence-corrected chi connectivity index (χ1v) is 11.9. The van der Waals surface area contributed by atoms with Crippen molar-refractivity contribution in [3.63, 3.8) is 0 Å². The molecule has 0 aliphatic carbocycles. The van der Waals surface area contributed by atoms with Crippen molar-refractivity contribution in [2.24, 2.45) is 0 Å². The van der Waals surface area contributed by atoms with Crippen molar-refractivity contribution < 1.29 is 19.1 Å². The van der Waals surface area contributed by atoms with E-state index in [0.29, 0.717) is 25.5 Å². The Balaban J connectivity index is 0.000000189. The molecule has 0 spiro atoms. The van der Waals surface area contributed by atoms with Crippen LogP contribution in [-0.4, -0.2) is 46.4 Å². The smallest absolute Gasteiger partial charge is 0.410 e. The SMILES string of the molecule is COc1ccc(COC(=O)N2CCc3ccccc3C2)cn1.O=C(Cl)N1CCc2ccccc2C1. The highest BCUT2D eigenvalue weighted by Crippen LogP contribution is 2.20. The molecular formula is C27H28ClN3O4. The van der Waals surface area contributed by atoms with Gasteiger partial charge in [-0.05, 0) is 52.8 Å². The van der Waals surface area contributed by atoms with Crippen LogP contribution in [-0.2, 0) is 37.3 Å². The minimum absolute atomic E-state index is 0.216. The van der Waals surface area contributed by atoms with Gasteiger partial charge in [0, 0.05) is 44.0 Å². The van der Waals surface area contributed by atoms with Gasteiger partial charge in [0.2, 0.25) is 5.88 Å². The van der Waals surface area contributed by atoms with Crippen molar-refractivity contribution >= 4 is 23.1 Å². The maximum Gasteiger partial charge on any atom is 0.410 e. The van der Waals surface area contributed by atoms with E-state index in [9.17, 15) is 9.59 Å². The molecule has 0 bridgehead atoms. The van der Waals surface area contributed by atoms with Crippen LogP contribution in [0.2, 0.25) is 0 Å². The molecule has 2 amide bonds. The van der Waals surface area contributed by atoms with Gasteiger partial charge >= 0.3 is 11.5 Å². The van der Waals surface area contributed by atoms with Crippen molar-refractivity contribution in [2.75, 3.05) is 20.2 Å². The molecule has 0 saturated heterocycles. The van der Waals surface area contributed by atoms with Crippen LogP contribution in [0.4, 0.5) is 9.59 Å². The van der Waals surface area contributed by atoms with Gasteiger partial charge in [-0.1, -0.05) is 48.5 Å². The number of halogens is 1. The summed E-state index contributed by atoms with van der Waals surface area (Å²) in [6.07, 6.45) is 3.15. The molecule has 2 aliphatic heterocycles. The van der Waals surface area contributed by atoms with Gasteiger partial charge in [-0.15, -0.1) is 0 Å². The number of carbonyl (C=O) groups excluding carboxylic acids is 2. The van der Waals surface area contributed by atoms with Crippen molar-refractivity contribution in [2.45, 2.75) is 32.5 Å². The monoisotopic (exact) mass is 493 g/mol. The van der Waals surface area contributed by atoms with Crippen LogP contribution in [0.5, 0.6) is 5.88 Å². The molecule has 0 atom stereocenters. The number of pyridine rings is 1. The summed E-state index contributed by atoms with van der Waals surface area (Å²) in [5, 5.41) is -0.352. The van der Waals surface area contributed by atoms with E-state index in [-0.39, 0.29) is 18.1 Å². The van der Waals surface area contributed by atoms with E-state index >= 15 is 0 Å². The molecule has 35 heavy (non-hydrogen) atoms. The Morgan fingerprint density at radius 1 is 0.857 bits per heavy atom. The van der Waals surface area contributed by atoms with E-state index in [4.69, 9.17) is 21.1 Å². The van der Waals surface area contributed by atoms with Gasteiger partial charge in [0.25, 0.3) is 0 Å². The first kappa shape index (κ1) is 24.5. The first-order chi connectivity index (χ1) is 17.0. The molecule has 2 aliphatic rings. The third-order valence-corrected chi connectivity index (χ3v) is 6.38. The van der Waals surface area contributed by atoms with Crippen molar-refractivity contribution in [3.8, 4) is 5.88 Å². The number of methoxy groups -OCH3 is 1. The first-order valence-electron chi connectivity index (χ1n) is 11.5. The molecule has 1 aromatic heterocycles. The Morgan fingerprint density at radius 2 is 1.43 bits per heavy atom. The van der Waals surface area contributed by atoms with E-state index in [1.807, 2.05) is 36.4 Å². The van der Waals surface area contributed by atoms with Crippen molar-refractivity contribution in [1.82, 2.24) is 14.8 Å². The number of hydrogen-bond donors (Lipinski definition) is 0. The number of benzene rings is 2. The topological polar surface area (TPSA) is 72.0 Å². The fourth-order valence-electron chi connectivity index (χ4n) is 4.15. The lowest BCUT2D eigenvalue weighted by atomic mass is 10.0. The molecule has 0 N–H and O–H groups in total. The van der Waals surface area contributed by atoms with Gasteiger partial charge in [0.1, 0.15) is 6.61 Å². The molecule has 3 aromatic rings. The van der Waals surface area contributed by atoms with Crippen LogP contribution in [0.25, 0.3) is 0 Å². The molecule has 5 rings (SSSR count). The lowest BCUT2D eigenvalue weighted by molar-refractivity contribution is 0.0917. The zero-order valence-electron chi connectivity index (χ0n) is 19.7. The maximum atomic E-state index is 12.2. The average molecular weight is 494 g/mol. The molecule has 8 heteroatoms. The van der Waals surface area contributed by atoms with Crippen molar-refractivity contribution in [3.05, 3.63) is 94.7 Å². The number of fused-ring (bicyclic) bond motifs is 2. The van der Waals surface area contributed by atoms with Gasteiger partial charge in [-0.2, -0.15) is 0 Å². The maximum absolute atomic E-state index is 12.2. The van der Waals surface area contributed by atoms with Crippen LogP contribution < -0.4 is 4.74 Å². The van der Waals surface area contributed by atoms with Crippen LogP contribution in [0.15, 0.2) is 66.9 Å². The van der Waals surface area contributed by atoms with E-state index < -0.39 is 0 Å². The van der Waals surface area contributed by atoms with Gasteiger partial charge in [-0.25, -0.2) is 9.78 Å². The summed E-state index contributed by atoms with van der Waals surface area (Å²) in [6, 6.07) is 19.9. The number of carbonyl (C=O) groups is 2. The third kappa shape index (κ3) is 6.51. The normalized spacial score (nSPS) is 14.1. The zero-order chi connectivity index (χ0) is 24.6. The molecule has 0 unspecified atom stereocenters. The standard InChI is InChI=1S/C17H18N2O3.C10H10ClNO/c1-21-16-7-6-13(10-18-16)12-22-17(20)19-9-8-14-4-2-3-5-15(14)11-19;11-10(13)12-6-5-8-3-1-2-4-9(8)7-12/h2-7,10H,8-9,11-12H2,1H3;1-4H,5-7H2. The molecule has 3 heterocycles. The molecule has 0 radical (unpaired) electrons. The lowest BCUT2D eigenvalue weighted by Gasteiger charge is -2.28. The summed E-state index contributed by atoms with van der Waals surface area (Å²) in [5.74, 6) is 0.544. The number of ether oxygens (including phenoxy) is 2. The quantitative estimate of drug-likeness (QED) is 0.371. The minimum Gasteiger partial charge on any atom is -0.481 e. The van der Waals surface area contributed by atoms with E-state index in [1.54, 1.807) is 29.2 Å². The largest absolute Gasteiger partial charge is 0.481 e. The number of amides is 2. The number of aromatic nitrogens is 1. The summed E-state index contributed by atoms with van der Waals surface area (Å²) in [7, 11) is 1.57. The Hall–Kier alpha value is -3.58. The summed E-state index contributed by atoms with van der Waals surface area (Å²) >= 11 is 5.41. The van der Waals surface area contributed by atoms with Crippen LogP contribution in [0, 0.1) is 0 Å². The highest BCUT2D eigenvalue weighted by molar-refractivity contribution is 6.62. The summed E-state index contributed by atoms with van der Waals surface area (Å²) in [4.78, 5) is 30.5. The summed E-state index contributed by atoms with van der Waals surface area (Å²) in [6.45, 7) is 2.90. The Morgan fingerprint density at radius 3 is 1.97 bits per heavy atom. The molecule has 7 nitrogen and oxygen atoms in total. The molecule has 0 saturated carbocycles. The van der Waals surface area contributed by atoms with Crippen LogP contribution in [0.1, 0.15) is 27.8 Å². The molecule has 0 fully saturated rings. The number of hydrogen-bond acceptors (Lipinski definition) is 5. The van der Waals surface area contributed by atoms with Crippen LogP contribution in [0.3, 0.4) is 0 Å². The second-order valence-corrected chi connectivity index (χ2v) is 8.72. The second-order valence-electron chi connectivity index (χ2n) is 8.40. The Bertz CT molecular complexity index is 1170. The highest BCUT2D eigenvalue weighted by atomic mass is 35.5. The number of nitrogens with zero attached hydrogens (tertiary/aromatic N) is 3. The predicted octanol–water partition coefficient (Wildman–Crippen LogP) is 5.19. The second kappa shape index (κ2) is 11.7.